The van der Waals surface area contributed by atoms with Gasteiger partial charge in [-0.15, -0.1) is 0 Å². The van der Waals surface area contributed by atoms with Crippen molar-refractivity contribution in [2.24, 2.45) is 0 Å². The van der Waals surface area contributed by atoms with Gasteiger partial charge in [0.25, 0.3) is 0 Å². The minimum absolute atomic E-state index is 0.0668. The van der Waals surface area contributed by atoms with Crippen molar-refractivity contribution in [3.8, 4) is 28.7 Å². The number of para-hydroxylation sites is 6. The van der Waals surface area contributed by atoms with Crippen LogP contribution in [0.15, 0.2) is 260 Å². The van der Waals surface area contributed by atoms with Gasteiger partial charge in [-0.2, -0.15) is 4.98 Å². The van der Waals surface area contributed by atoms with Gasteiger partial charge >= 0.3 is 0 Å². The number of rotatable bonds is 8. The number of fused-ring (bicyclic) bond motifs is 9. The highest BCUT2D eigenvalue weighted by Gasteiger charge is 2.41. The molecule has 5 nitrogen and oxygen atoms in total. The molecular formula is C64H43N5Si. The lowest BCUT2D eigenvalue weighted by Gasteiger charge is -2.34. The normalized spacial score (nSPS) is 17.4. The highest BCUT2D eigenvalue weighted by atomic mass is 28.3. The zero-order valence-electron chi connectivity index (χ0n) is 63.0. The highest BCUT2D eigenvalue weighted by molar-refractivity contribution is 7.20. The topological polar surface area (TPSA) is 40.6 Å². The van der Waals surface area contributed by atoms with Gasteiger partial charge in [-0.1, -0.05) is 212 Å². The molecule has 6 heteroatoms. The van der Waals surface area contributed by atoms with Crippen LogP contribution in [0, 0.1) is 0 Å². The third kappa shape index (κ3) is 5.97. The molecule has 0 saturated heterocycles. The number of benzene rings is 10. The molecule has 10 aromatic carbocycles. The van der Waals surface area contributed by atoms with E-state index in [9.17, 15) is 24.7 Å². The quantitative estimate of drug-likeness (QED) is 0.112. The molecule has 0 radical (unpaired) electrons. The van der Waals surface area contributed by atoms with E-state index in [2.05, 4.69) is 0 Å². The predicted octanol–water partition coefficient (Wildman–Crippen LogP) is 12.8. The van der Waals surface area contributed by atoms with Crippen molar-refractivity contribution >= 4 is 94.2 Å². The lowest BCUT2D eigenvalue weighted by Crippen LogP contribution is -2.74. The number of hydrogen-bond donors (Lipinski definition) is 0. The summed E-state index contributed by atoms with van der Waals surface area (Å²) in [4.78, 5) is 9.78. The zero-order chi connectivity index (χ0) is 69.7. The summed E-state index contributed by atoms with van der Waals surface area (Å²) in [5.74, 6) is -1.56. The van der Waals surface area contributed by atoms with E-state index in [1.807, 2.05) is 36.4 Å². The lowest BCUT2D eigenvalue weighted by atomic mass is 10.1. The molecule has 0 fully saturated rings. The van der Waals surface area contributed by atoms with Crippen molar-refractivity contribution < 1.29 is 37.0 Å². The molecule has 0 aliphatic heterocycles. The smallest absolute Gasteiger partial charge is 0.237 e. The van der Waals surface area contributed by atoms with E-state index in [4.69, 9.17) is 22.3 Å². The second-order valence-corrected chi connectivity index (χ2v) is 19.8. The summed E-state index contributed by atoms with van der Waals surface area (Å²) in [6.07, 6.45) is 0. The van der Waals surface area contributed by atoms with Crippen molar-refractivity contribution in [2.75, 3.05) is 0 Å². The van der Waals surface area contributed by atoms with Crippen molar-refractivity contribution in [2.45, 2.75) is 0 Å². The summed E-state index contributed by atoms with van der Waals surface area (Å²) in [7, 11) is -4.18. The molecule has 70 heavy (non-hydrogen) atoms. The fourth-order valence-electron chi connectivity index (χ4n) is 9.61. The van der Waals surface area contributed by atoms with Gasteiger partial charge in [0.2, 0.25) is 5.95 Å². The van der Waals surface area contributed by atoms with Crippen LogP contribution < -0.4 is 20.7 Å². The molecule has 14 aromatic rings. The molecule has 4 heterocycles. The van der Waals surface area contributed by atoms with Crippen molar-refractivity contribution in [3.05, 3.63) is 260 Å². The fourth-order valence-corrected chi connectivity index (χ4v) is 14.1. The Balaban J connectivity index is 1.26. The maximum atomic E-state index is 10.9. The third-order valence-corrected chi connectivity index (χ3v) is 17.1. The molecular weight excluding hydrogens is 867 g/mol. The van der Waals surface area contributed by atoms with E-state index in [0.29, 0.717) is 15.6 Å². The molecule has 0 bridgehead atoms. The fraction of sp³-hybridized carbons (Fsp3) is 0. The van der Waals surface area contributed by atoms with Crippen LogP contribution in [0.2, 0.25) is 0 Å². The van der Waals surface area contributed by atoms with Crippen LogP contribution in [0.5, 0.6) is 0 Å². The SMILES string of the molecule is [2H]c1c([2H])c([2H])c(-n2c3c([2H])c([2H])c([2H])c([2H])c3c3c([2H])c([2H])c([Si](c4ccccc4)(c4ccccc4)c4ccccc4)c([2H])c32)c(-c2cc(-n3c4c([2H])c([2H])c([2H])c([2H])c4c4c([2H])c([2H])c([2H])c([2H])c43)nc(-n3c4c([2H])c([2H])c([2H])c([2H])c4c4c([2H])c([2H])c([2H])c([2H])c43)n2)c1[2H]. The van der Waals surface area contributed by atoms with Crippen molar-refractivity contribution in [3.63, 3.8) is 0 Å². The summed E-state index contributed by atoms with van der Waals surface area (Å²) in [5.41, 5.74) is -5.60. The van der Waals surface area contributed by atoms with Gasteiger partial charge in [0.05, 0.1) is 81.5 Å². The number of aromatic nitrogens is 5. The largest absolute Gasteiger partial charge is 0.309 e. The van der Waals surface area contributed by atoms with Crippen LogP contribution in [-0.2, 0) is 0 Å². The van der Waals surface area contributed by atoms with E-state index in [0.717, 1.165) is 19.8 Å². The number of hydrogen-bond acceptors (Lipinski definition) is 2. The first-order valence-corrected chi connectivity index (χ1v) is 23.7. The predicted molar refractivity (Wildman–Crippen MR) is 294 cm³/mol. The van der Waals surface area contributed by atoms with Crippen LogP contribution in [0.4, 0.5) is 0 Å². The zero-order valence-corrected chi connectivity index (χ0v) is 37.0. The average molecular weight is 937 g/mol. The van der Waals surface area contributed by atoms with Crippen molar-refractivity contribution in [1.29, 1.82) is 0 Å². The minimum Gasteiger partial charge on any atom is -0.309 e. The van der Waals surface area contributed by atoms with Crippen LogP contribution in [0.25, 0.3) is 94.1 Å². The third-order valence-electron chi connectivity index (χ3n) is 12.5. The lowest BCUT2D eigenvalue weighted by molar-refractivity contribution is 0.951. The Labute approximate surface area is 443 Å². The molecule has 14 rings (SSSR count). The van der Waals surface area contributed by atoms with Gasteiger partial charge < -0.3 is 4.57 Å². The van der Waals surface area contributed by atoms with Gasteiger partial charge in [-0.25, -0.2) is 4.98 Å². The molecule has 328 valence electrons. The molecule has 0 aliphatic carbocycles. The molecule has 0 saturated carbocycles. The van der Waals surface area contributed by atoms with E-state index < -0.39 is 265 Å². The van der Waals surface area contributed by atoms with E-state index in [-0.39, 0.29) is 5.19 Å². The van der Waals surface area contributed by atoms with E-state index in [1.165, 1.54) is 0 Å². The first-order chi connectivity index (χ1) is 46.0. The first kappa shape index (κ1) is 21.5. The molecule has 0 aliphatic rings. The maximum Gasteiger partial charge on any atom is 0.237 e. The summed E-state index contributed by atoms with van der Waals surface area (Å²) in [6, 6.07) is 5.07. The van der Waals surface area contributed by atoms with E-state index in [1.54, 1.807) is 54.6 Å². The monoisotopic (exact) mass is 936 g/mol. The van der Waals surface area contributed by atoms with Crippen LogP contribution >= 0.6 is 0 Å². The first-order valence-electron chi connectivity index (χ1n) is 35.2. The van der Waals surface area contributed by atoms with Gasteiger partial charge in [0.1, 0.15) is 5.82 Å². The molecule has 0 N–H and O–H groups in total. The second-order valence-electron chi connectivity index (χ2n) is 16.1. The Kier molecular flexibility index (Phi) is 4.91. The molecule has 0 unspecified atom stereocenters. The summed E-state index contributed by atoms with van der Waals surface area (Å²) in [6.45, 7) is 0. The summed E-state index contributed by atoms with van der Waals surface area (Å²) < 4.78 is 257. The van der Waals surface area contributed by atoms with Gasteiger partial charge in [0, 0.05) is 43.9 Å². The standard InChI is InChI=1S/C64H43N5Si/c1-4-22-44(23-5-1)70(45-24-6-2-7-25-45,46-26-8-3-9-27-46)47-40-41-53-52-32-10-16-34-56(52)67(62(53)42-47)61-39-21-15-33-54(61)55-43-63(68-57-35-17-11-28-48(57)49-29-12-18-36-58(49)68)66-64(65-55)69-59-37-19-13-30-50(59)51-31-14-20-38-60(51)69/h1-43H/i10D,11D,12D,13D,14D,15D,16D,17D,18D,19D,20D,21D,28D,29D,30D,31D,32D,33D,34D,35D,36D,37D,38D,39D,40D,41D,42D. The highest BCUT2D eigenvalue weighted by Crippen LogP contribution is 2.39. The van der Waals surface area contributed by atoms with Crippen LogP contribution in [0.3, 0.4) is 0 Å². The summed E-state index contributed by atoms with van der Waals surface area (Å²) >= 11 is 0. The van der Waals surface area contributed by atoms with E-state index >= 15 is 0 Å². The molecule has 4 aromatic heterocycles. The summed E-state index contributed by atoms with van der Waals surface area (Å²) in [5, 5.41) is -1.10. The van der Waals surface area contributed by atoms with Gasteiger partial charge in [-0.3, -0.25) is 9.13 Å². The molecule has 0 atom stereocenters. The number of nitrogens with zero attached hydrogens (tertiary/aromatic N) is 5. The Hall–Kier alpha value is -9.10. The van der Waals surface area contributed by atoms with Crippen LogP contribution in [0.1, 0.15) is 37.0 Å². The Morgan fingerprint density at radius 1 is 0.343 bits per heavy atom. The molecule has 0 spiro atoms. The Morgan fingerprint density at radius 2 is 0.743 bits per heavy atom. The Morgan fingerprint density at radius 3 is 1.23 bits per heavy atom. The second kappa shape index (κ2) is 16.0. The minimum atomic E-state index is -4.18. The van der Waals surface area contributed by atoms with Gasteiger partial charge in [-0.05, 0) is 63.0 Å². The molecule has 0 amide bonds. The van der Waals surface area contributed by atoms with Crippen LogP contribution in [-0.4, -0.2) is 31.7 Å². The maximum absolute atomic E-state index is 10.9. The van der Waals surface area contributed by atoms with Crippen molar-refractivity contribution in [1.82, 2.24) is 23.7 Å². The average Bonchev–Trinajstić information content (AvgIpc) is 1.59. The Bertz CT molecular complexity index is 5490. The van der Waals surface area contributed by atoms with Gasteiger partial charge in [0.15, 0.2) is 8.07 Å².